The quantitative estimate of drug-likeness (QED) is 0.563. The number of carbonyl (C=O) groups excluding carboxylic acids is 1. The standard InChI is InChI=1S/C23H27F2N3O5/c1-30-18-10-8-16(13-20(18)32-3)27-22(29)17-6-4-5-11-28(17)26-14-15-7-9-19(31-2)21(12-15)33-23(24)25/h7-10,12-14,17,23H,4-6,11H2,1-3H3,(H,27,29)/b26-14+. The summed E-state index contributed by atoms with van der Waals surface area (Å²) in [6.45, 7) is -2.38. The minimum atomic E-state index is -2.97. The first-order valence-corrected chi connectivity index (χ1v) is 10.4. The Kier molecular flexibility index (Phi) is 8.28. The lowest BCUT2D eigenvalue weighted by Gasteiger charge is -2.32. The van der Waals surface area contributed by atoms with Crippen molar-refractivity contribution < 1.29 is 32.5 Å². The van der Waals surface area contributed by atoms with E-state index >= 15 is 0 Å². The number of halogens is 2. The van der Waals surface area contributed by atoms with Crippen LogP contribution in [0.5, 0.6) is 23.0 Å². The summed E-state index contributed by atoms with van der Waals surface area (Å²) in [5.74, 6) is 0.982. The Balaban J connectivity index is 1.74. The third kappa shape index (κ3) is 6.24. The number of nitrogens with one attached hydrogen (secondary N) is 1. The first kappa shape index (κ1) is 24.1. The Morgan fingerprint density at radius 3 is 2.42 bits per heavy atom. The number of rotatable bonds is 9. The Labute approximate surface area is 191 Å². The molecule has 33 heavy (non-hydrogen) atoms. The molecule has 1 saturated heterocycles. The molecule has 178 valence electrons. The van der Waals surface area contributed by atoms with E-state index < -0.39 is 12.7 Å². The smallest absolute Gasteiger partial charge is 0.387 e. The van der Waals surface area contributed by atoms with E-state index in [-0.39, 0.29) is 17.4 Å². The summed E-state index contributed by atoms with van der Waals surface area (Å²) in [5.41, 5.74) is 1.12. The van der Waals surface area contributed by atoms with Crippen LogP contribution in [0.2, 0.25) is 0 Å². The van der Waals surface area contributed by atoms with Gasteiger partial charge in [-0.25, -0.2) is 0 Å². The minimum Gasteiger partial charge on any atom is -0.493 e. The van der Waals surface area contributed by atoms with E-state index in [9.17, 15) is 13.6 Å². The number of piperidine rings is 1. The highest BCUT2D eigenvalue weighted by molar-refractivity contribution is 5.95. The summed E-state index contributed by atoms with van der Waals surface area (Å²) in [5, 5.41) is 9.06. The van der Waals surface area contributed by atoms with Gasteiger partial charge < -0.3 is 24.3 Å². The number of hydrogen-bond acceptors (Lipinski definition) is 7. The van der Waals surface area contributed by atoms with Crippen LogP contribution in [-0.4, -0.2) is 57.7 Å². The van der Waals surface area contributed by atoms with Gasteiger partial charge in [0.1, 0.15) is 6.04 Å². The summed E-state index contributed by atoms with van der Waals surface area (Å²) in [6, 6.07) is 9.27. The summed E-state index contributed by atoms with van der Waals surface area (Å²) >= 11 is 0. The summed E-state index contributed by atoms with van der Waals surface area (Å²) in [7, 11) is 4.44. The van der Waals surface area contributed by atoms with Crippen molar-refractivity contribution in [1.82, 2.24) is 5.01 Å². The lowest BCUT2D eigenvalue weighted by Crippen LogP contribution is -2.44. The first-order chi connectivity index (χ1) is 15.9. The maximum atomic E-state index is 13.0. The van der Waals surface area contributed by atoms with Crippen LogP contribution in [0.25, 0.3) is 0 Å². The van der Waals surface area contributed by atoms with Crippen LogP contribution in [-0.2, 0) is 4.79 Å². The van der Waals surface area contributed by atoms with E-state index in [1.165, 1.54) is 32.6 Å². The normalized spacial score (nSPS) is 16.1. The van der Waals surface area contributed by atoms with Crippen LogP contribution >= 0.6 is 0 Å². The highest BCUT2D eigenvalue weighted by Crippen LogP contribution is 2.31. The molecule has 0 aromatic heterocycles. The second kappa shape index (κ2) is 11.3. The third-order valence-electron chi connectivity index (χ3n) is 5.19. The molecule has 1 heterocycles. The molecular weight excluding hydrogens is 436 g/mol. The molecule has 1 N–H and O–H groups in total. The second-order valence-corrected chi connectivity index (χ2v) is 7.27. The molecule has 1 fully saturated rings. The number of hydrogen-bond donors (Lipinski definition) is 1. The molecule has 8 nitrogen and oxygen atoms in total. The third-order valence-corrected chi connectivity index (χ3v) is 5.19. The maximum absolute atomic E-state index is 13.0. The number of alkyl halides is 2. The molecular formula is C23H27F2N3O5. The number of hydrazone groups is 1. The fourth-order valence-electron chi connectivity index (χ4n) is 3.56. The van der Waals surface area contributed by atoms with Gasteiger partial charge in [-0.3, -0.25) is 9.80 Å². The Hall–Kier alpha value is -3.56. The van der Waals surface area contributed by atoms with Crippen LogP contribution in [0.15, 0.2) is 41.5 Å². The molecule has 2 aromatic carbocycles. The molecule has 2 aromatic rings. The van der Waals surface area contributed by atoms with Crippen molar-refractivity contribution in [3.63, 3.8) is 0 Å². The average molecular weight is 463 g/mol. The zero-order valence-corrected chi connectivity index (χ0v) is 18.7. The van der Waals surface area contributed by atoms with Crippen molar-refractivity contribution in [2.24, 2.45) is 5.10 Å². The van der Waals surface area contributed by atoms with Gasteiger partial charge in [0.25, 0.3) is 0 Å². The fourth-order valence-corrected chi connectivity index (χ4v) is 3.56. The molecule has 1 aliphatic heterocycles. The van der Waals surface area contributed by atoms with Gasteiger partial charge in [0, 0.05) is 18.3 Å². The molecule has 0 radical (unpaired) electrons. The van der Waals surface area contributed by atoms with E-state index in [0.717, 1.165) is 12.8 Å². The lowest BCUT2D eigenvalue weighted by molar-refractivity contribution is -0.122. The number of carbonyl (C=O) groups is 1. The summed E-state index contributed by atoms with van der Waals surface area (Å²) in [4.78, 5) is 13.0. The van der Waals surface area contributed by atoms with E-state index in [2.05, 4.69) is 15.2 Å². The van der Waals surface area contributed by atoms with Crippen molar-refractivity contribution in [2.75, 3.05) is 33.2 Å². The molecule has 1 aliphatic rings. The van der Waals surface area contributed by atoms with Crippen LogP contribution in [0.3, 0.4) is 0 Å². The van der Waals surface area contributed by atoms with Crippen molar-refractivity contribution in [3.05, 3.63) is 42.0 Å². The van der Waals surface area contributed by atoms with Gasteiger partial charge in [0.2, 0.25) is 5.91 Å². The molecule has 0 saturated carbocycles. The van der Waals surface area contributed by atoms with Gasteiger partial charge in [-0.2, -0.15) is 13.9 Å². The van der Waals surface area contributed by atoms with Crippen molar-refractivity contribution >= 4 is 17.8 Å². The second-order valence-electron chi connectivity index (χ2n) is 7.27. The average Bonchev–Trinajstić information content (AvgIpc) is 2.82. The largest absolute Gasteiger partial charge is 0.493 e. The van der Waals surface area contributed by atoms with Crippen molar-refractivity contribution in [2.45, 2.75) is 31.9 Å². The van der Waals surface area contributed by atoms with E-state index in [0.29, 0.717) is 35.7 Å². The fraction of sp³-hybridized carbons (Fsp3) is 0.391. The molecule has 0 spiro atoms. The predicted molar refractivity (Wildman–Crippen MR) is 120 cm³/mol. The van der Waals surface area contributed by atoms with Gasteiger partial charge >= 0.3 is 6.61 Å². The summed E-state index contributed by atoms with van der Waals surface area (Å²) in [6.07, 6.45) is 3.93. The molecule has 1 unspecified atom stereocenters. The minimum absolute atomic E-state index is 0.0853. The maximum Gasteiger partial charge on any atom is 0.387 e. The first-order valence-electron chi connectivity index (χ1n) is 10.4. The van der Waals surface area contributed by atoms with Gasteiger partial charge in [-0.05, 0) is 55.2 Å². The monoisotopic (exact) mass is 463 g/mol. The van der Waals surface area contributed by atoms with Gasteiger partial charge in [0.15, 0.2) is 23.0 Å². The van der Waals surface area contributed by atoms with Gasteiger partial charge in [-0.1, -0.05) is 0 Å². The number of methoxy groups -OCH3 is 3. The topological polar surface area (TPSA) is 81.6 Å². The molecule has 1 atom stereocenters. The number of nitrogens with zero attached hydrogens (tertiary/aromatic N) is 2. The highest BCUT2D eigenvalue weighted by atomic mass is 19.3. The predicted octanol–water partition coefficient (Wildman–Crippen LogP) is 4.14. The summed E-state index contributed by atoms with van der Waals surface area (Å²) < 4.78 is 45.4. The zero-order valence-electron chi connectivity index (χ0n) is 18.7. The van der Waals surface area contributed by atoms with Crippen molar-refractivity contribution in [1.29, 1.82) is 0 Å². The Morgan fingerprint density at radius 1 is 1.03 bits per heavy atom. The molecule has 10 heteroatoms. The molecule has 1 amide bonds. The van der Waals surface area contributed by atoms with E-state index in [1.807, 2.05) is 0 Å². The Morgan fingerprint density at radius 2 is 1.73 bits per heavy atom. The number of anilines is 1. The zero-order chi connectivity index (χ0) is 23.8. The van der Waals surface area contributed by atoms with Crippen LogP contribution < -0.4 is 24.3 Å². The van der Waals surface area contributed by atoms with Crippen molar-refractivity contribution in [3.8, 4) is 23.0 Å². The van der Waals surface area contributed by atoms with Crippen LogP contribution in [0.4, 0.5) is 14.5 Å². The SMILES string of the molecule is COc1ccc(NC(=O)C2CCCCN2/N=C/c2ccc(OC)c(OC(F)F)c2)cc1OC. The number of ether oxygens (including phenoxy) is 4. The Bertz CT molecular complexity index is 987. The molecule has 0 bridgehead atoms. The molecule has 0 aliphatic carbocycles. The van der Waals surface area contributed by atoms with Crippen LogP contribution in [0, 0.1) is 0 Å². The van der Waals surface area contributed by atoms with Crippen LogP contribution in [0.1, 0.15) is 24.8 Å². The highest BCUT2D eigenvalue weighted by Gasteiger charge is 2.28. The van der Waals surface area contributed by atoms with Gasteiger partial charge in [0.05, 0.1) is 27.5 Å². The van der Waals surface area contributed by atoms with E-state index in [4.69, 9.17) is 14.2 Å². The number of benzene rings is 2. The van der Waals surface area contributed by atoms with E-state index in [1.54, 1.807) is 36.4 Å². The molecule has 3 rings (SSSR count). The number of amides is 1. The van der Waals surface area contributed by atoms with Gasteiger partial charge in [-0.15, -0.1) is 0 Å². The lowest BCUT2D eigenvalue weighted by atomic mass is 10.0.